The summed E-state index contributed by atoms with van der Waals surface area (Å²) in [6.07, 6.45) is 0. The van der Waals surface area contributed by atoms with E-state index >= 15 is 0 Å². The summed E-state index contributed by atoms with van der Waals surface area (Å²) >= 11 is 3.58. The lowest BCUT2D eigenvalue weighted by atomic mass is 10.1. The third kappa shape index (κ3) is 2.48. The number of nitrogens with one attached hydrogen (secondary N) is 1. The Morgan fingerprint density at radius 2 is 1.90 bits per heavy atom. The number of hydrogen-bond donors (Lipinski definition) is 1. The van der Waals surface area contributed by atoms with Gasteiger partial charge in [-0.05, 0) is 48.7 Å². The first-order chi connectivity index (χ1) is 9.65. The molecule has 0 unspecified atom stereocenters. The molecule has 1 N–H and O–H groups in total. The summed E-state index contributed by atoms with van der Waals surface area (Å²) < 4.78 is 11.8. The van der Waals surface area contributed by atoms with Crippen LogP contribution in [-0.2, 0) is 6.54 Å². The molecule has 0 aliphatic carbocycles. The van der Waals surface area contributed by atoms with Gasteiger partial charge in [-0.25, -0.2) is 0 Å². The molecule has 2 aromatic carbocycles. The maximum atomic E-state index is 5.42. The van der Waals surface area contributed by atoms with Gasteiger partial charge in [-0.1, -0.05) is 28.1 Å². The molecule has 104 valence electrons. The Morgan fingerprint density at radius 3 is 2.70 bits per heavy atom. The molecule has 20 heavy (non-hydrogen) atoms. The highest BCUT2D eigenvalue weighted by atomic mass is 79.9. The van der Waals surface area contributed by atoms with E-state index in [1.54, 1.807) is 0 Å². The van der Waals surface area contributed by atoms with Crippen LogP contribution >= 0.6 is 15.9 Å². The predicted octanol–water partition coefficient (Wildman–Crippen LogP) is 4.41. The Balaban J connectivity index is 1.80. The Labute approximate surface area is 127 Å². The SMILES string of the molecule is Cc1cccc(NCc2cc3c(cc2Br)OCO3)c1C. The average Bonchev–Trinajstić information content (AvgIpc) is 2.87. The van der Waals surface area contributed by atoms with Crippen LogP contribution in [0.15, 0.2) is 34.8 Å². The van der Waals surface area contributed by atoms with Gasteiger partial charge >= 0.3 is 0 Å². The third-order valence-electron chi connectivity index (χ3n) is 3.62. The number of fused-ring (bicyclic) bond motifs is 1. The fourth-order valence-corrected chi connectivity index (χ4v) is 2.69. The number of ether oxygens (including phenoxy) is 2. The van der Waals surface area contributed by atoms with Gasteiger partial charge in [0, 0.05) is 16.7 Å². The molecule has 3 nitrogen and oxygen atoms in total. The van der Waals surface area contributed by atoms with Gasteiger partial charge in [0.15, 0.2) is 11.5 Å². The predicted molar refractivity (Wildman–Crippen MR) is 83.5 cm³/mol. The molecular weight excluding hydrogens is 318 g/mol. The molecule has 0 saturated carbocycles. The van der Waals surface area contributed by atoms with Gasteiger partial charge < -0.3 is 14.8 Å². The van der Waals surface area contributed by atoms with Gasteiger partial charge in [0.25, 0.3) is 0 Å². The Morgan fingerprint density at radius 1 is 1.15 bits per heavy atom. The standard InChI is InChI=1S/C16H16BrNO2/c1-10-4-3-5-14(11(10)2)18-8-12-6-15-16(7-13(12)17)20-9-19-15/h3-7,18H,8-9H2,1-2H3. The second-order valence-electron chi connectivity index (χ2n) is 4.90. The minimum absolute atomic E-state index is 0.301. The summed E-state index contributed by atoms with van der Waals surface area (Å²) in [5.41, 5.74) is 4.88. The molecule has 0 amide bonds. The fraction of sp³-hybridized carbons (Fsp3) is 0.250. The van der Waals surface area contributed by atoms with Gasteiger partial charge in [0.2, 0.25) is 6.79 Å². The number of benzene rings is 2. The first-order valence-electron chi connectivity index (χ1n) is 6.53. The van der Waals surface area contributed by atoms with Crippen molar-refractivity contribution >= 4 is 21.6 Å². The van der Waals surface area contributed by atoms with Crippen molar-refractivity contribution in [1.82, 2.24) is 0 Å². The van der Waals surface area contributed by atoms with E-state index in [0.717, 1.165) is 33.8 Å². The largest absolute Gasteiger partial charge is 0.454 e. The first kappa shape index (κ1) is 13.3. The van der Waals surface area contributed by atoms with Gasteiger partial charge in [0.1, 0.15) is 0 Å². The second kappa shape index (κ2) is 5.37. The van der Waals surface area contributed by atoms with E-state index in [1.807, 2.05) is 12.1 Å². The quantitative estimate of drug-likeness (QED) is 0.902. The van der Waals surface area contributed by atoms with Crippen molar-refractivity contribution in [3.8, 4) is 11.5 Å². The smallest absolute Gasteiger partial charge is 0.231 e. The summed E-state index contributed by atoms with van der Waals surface area (Å²) in [6, 6.07) is 10.3. The monoisotopic (exact) mass is 333 g/mol. The minimum atomic E-state index is 0.301. The molecule has 2 aromatic rings. The van der Waals surface area contributed by atoms with Crippen LogP contribution in [0, 0.1) is 13.8 Å². The van der Waals surface area contributed by atoms with Crippen LogP contribution in [0.5, 0.6) is 11.5 Å². The molecule has 0 aromatic heterocycles. The number of hydrogen-bond acceptors (Lipinski definition) is 3. The van der Waals surface area contributed by atoms with Crippen molar-refractivity contribution in [3.63, 3.8) is 0 Å². The van der Waals surface area contributed by atoms with Crippen LogP contribution < -0.4 is 14.8 Å². The Bertz CT molecular complexity index is 655. The third-order valence-corrected chi connectivity index (χ3v) is 4.35. The topological polar surface area (TPSA) is 30.5 Å². The molecule has 0 saturated heterocycles. The zero-order valence-electron chi connectivity index (χ0n) is 11.5. The van der Waals surface area contributed by atoms with Crippen LogP contribution in [0.1, 0.15) is 16.7 Å². The molecule has 1 aliphatic heterocycles. The highest BCUT2D eigenvalue weighted by molar-refractivity contribution is 9.10. The van der Waals surface area contributed by atoms with Crippen LogP contribution in [-0.4, -0.2) is 6.79 Å². The Hall–Kier alpha value is -1.68. The summed E-state index contributed by atoms with van der Waals surface area (Å²) in [5, 5.41) is 3.48. The number of rotatable bonds is 3. The van der Waals surface area contributed by atoms with E-state index in [-0.39, 0.29) is 0 Å². The van der Waals surface area contributed by atoms with E-state index in [0.29, 0.717) is 6.79 Å². The van der Waals surface area contributed by atoms with E-state index in [9.17, 15) is 0 Å². The van der Waals surface area contributed by atoms with E-state index < -0.39 is 0 Å². The molecule has 1 aliphatic rings. The average molecular weight is 334 g/mol. The van der Waals surface area contributed by atoms with E-state index in [1.165, 1.54) is 11.1 Å². The van der Waals surface area contributed by atoms with E-state index in [2.05, 4.69) is 53.3 Å². The van der Waals surface area contributed by atoms with Crippen molar-refractivity contribution < 1.29 is 9.47 Å². The molecule has 0 fully saturated rings. The summed E-state index contributed by atoms with van der Waals surface area (Å²) in [5.74, 6) is 1.61. The molecule has 0 radical (unpaired) electrons. The number of aryl methyl sites for hydroxylation is 1. The molecule has 0 atom stereocenters. The lowest BCUT2D eigenvalue weighted by Gasteiger charge is -2.13. The number of halogens is 1. The van der Waals surface area contributed by atoms with Crippen molar-refractivity contribution in [2.75, 3.05) is 12.1 Å². The van der Waals surface area contributed by atoms with Crippen LogP contribution in [0.3, 0.4) is 0 Å². The van der Waals surface area contributed by atoms with Gasteiger partial charge in [-0.3, -0.25) is 0 Å². The minimum Gasteiger partial charge on any atom is -0.454 e. The zero-order valence-corrected chi connectivity index (χ0v) is 13.1. The molecule has 3 rings (SSSR count). The maximum absolute atomic E-state index is 5.42. The Kier molecular flexibility index (Phi) is 3.57. The van der Waals surface area contributed by atoms with Crippen molar-refractivity contribution in [3.05, 3.63) is 51.5 Å². The lowest BCUT2D eigenvalue weighted by molar-refractivity contribution is 0.174. The molecule has 4 heteroatoms. The first-order valence-corrected chi connectivity index (χ1v) is 7.32. The summed E-state index contributed by atoms with van der Waals surface area (Å²) in [7, 11) is 0. The summed E-state index contributed by atoms with van der Waals surface area (Å²) in [6.45, 7) is 5.29. The van der Waals surface area contributed by atoms with Gasteiger partial charge in [-0.15, -0.1) is 0 Å². The van der Waals surface area contributed by atoms with Crippen LogP contribution in [0.25, 0.3) is 0 Å². The molecule has 0 bridgehead atoms. The van der Waals surface area contributed by atoms with Crippen LogP contribution in [0.4, 0.5) is 5.69 Å². The highest BCUT2D eigenvalue weighted by Crippen LogP contribution is 2.37. The van der Waals surface area contributed by atoms with Crippen molar-refractivity contribution in [2.24, 2.45) is 0 Å². The number of anilines is 1. The molecular formula is C16H16BrNO2. The zero-order chi connectivity index (χ0) is 14.1. The van der Waals surface area contributed by atoms with Crippen molar-refractivity contribution in [2.45, 2.75) is 20.4 Å². The van der Waals surface area contributed by atoms with E-state index in [4.69, 9.17) is 9.47 Å². The van der Waals surface area contributed by atoms with Crippen molar-refractivity contribution in [1.29, 1.82) is 0 Å². The normalized spacial score (nSPS) is 12.6. The fourth-order valence-electron chi connectivity index (χ4n) is 2.23. The maximum Gasteiger partial charge on any atom is 0.231 e. The van der Waals surface area contributed by atoms with Crippen LogP contribution in [0.2, 0.25) is 0 Å². The highest BCUT2D eigenvalue weighted by Gasteiger charge is 2.16. The summed E-state index contributed by atoms with van der Waals surface area (Å²) in [4.78, 5) is 0. The molecule has 0 spiro atoms. The van der Waals surface area contributed by atoms with Gasteiger partial charge in [-0.2, -0.15) is 0 Å². The second-order valence-corrected chi connectivity index (χ2v) is 5.75. The lowest BCUT2D eigenvalue weighted by Crippen LogP contribution is -2.02. The van der Waals surface area contributed by atoms with Gasteiger partial charge in [0.05, 0.1) is 0 Å². The molecule has 1 heterocycles.